The molecule has 2 aromatic rings. The second-order valence-corrected chi connectivity index (χ2v) is 7.23. The topological polar surface area (TPSA) is 127 Å². The molecular formula is C18H16N2O6S. The Labute approximate surface area is 155 Å². The van der Waals surface area contributed by atoms with E-state index in [1.807, 2.05) is 6.92 Å². The van der Waals surface area contributed by atoms with Gasteiger partial charge < -0.3 is 9.84 Å². The first-order valence-electron chi connectivity index (χ1n) is 7.92. The smallest absolute Gasteiger partial charge is 0.301 e. The number of carbonyl (C=O) groups is 2. The number of anilines is 1. The summed E-state index contributed by atoms with van der Waals surface area (Å²) in [6.45, 7) is 2.31. The van der Waals surface area contributed by atoms with Crippen LogP contribution in [0.3, 0.4) is 0 Å². The molecule has 0 saturated carbocycles. The molecule has 0 bridgehead atoms. The second kappa shape index (κ2) is 6.86. The summed E-state index contributed by atoms with van der Waals surface area (Å²) < 4.78 is 28.0. The maximum Gasteiger partial charge on any atom is 0.301 e. The number of hydrogen-bond acceptors (Lipinski definition) is 6. The van der Waals surface area contributed by atoms with Crippen LogP contribution in [0.5, 0.6) is 5.75 Å². The van der Waals surface area contributed by atoms with E-state index in [9.17, 15) is 23.1 Å². The molecule has 0 aromatic heterocycles. The van der Waals surface area contributed by atoms with E-state index in [-0.39, 0.29) is 16.2 Å². The van der Waals surface area contributed by atoms with Crippen LogP contribution >= 0.6 is 0 Å². The molecular weight excluding hydrogens is 372 g/mol. The zero-order chi connectivity index (χ0) is 19.8. The summed E-state index contributed by atoms with van der Waals surface area (Å²) in [6.07, 6.45) is 0. The van der Waals surface area contributed by atoms with Gasteiger partial charge in [0.05, 0.1) is 22.8 Å². The van der Waals surface area contributed by atoms with Gasteiger partial charge in [-0.05, 0) is 48.9 Å². The molecule has 0 atom stereocenters. The van der Waals surface area contributed by atoms with Crippen molar-refractivity contribution in [2.75, 3.05) is 11.5 Å². The highest BCUT2D eigenvalue weighted by molar-refractivity contribution is 7.89. The number of benzene rings is 2. The van der Waals surface area contributed by atoms with Gasteiger partial charge in [0.15, 0.2) is 5.76 Å². The van der Waals surface area contributed by atoms with Crippen molar-refractivity contribution in [3.63, 3.8) is 0 Å². The van der Waals surface area contributed by atoms with E-state index in [0.717, 1.165) is 4.90 Å². The normalized spacial score (nSPS) is 14.8. The first-order chi connectivity index (χ1) is 12.7. The van der Waals surface area contributed by atoms with Crippen LogP contribution in [-0.4, -0.2) is 31.9 Å². The Hall–Kier alpha value is -3.17. The Morgan fingerprint density at radius 3 is 2.11 bits per heavy atom. The third-order valence-corrected chi connectivity index (χ3v) is 4.87. The SMILES string of the molecule is CCOc1ccc(C2=C(O)C(=O)N(c3ccc(S(N)(=O)=O)cc3)C2=O)cc1. The number of amides is 2. The van der Waals surface area contributed by atoms with Crippen LogP contribution in [0.25, 0.3) is 5.57 Å². The van der Waals surface area contributed by atoms with Crippen LogP contribution in [0.4, 0.5) is 5.69 Å². The number of aliphatic hydroxyl groups excluding tert-OH is 1. The van der Waals surface area contributed by atoms with Gasteiger partial charge in [0.25, 0.3) is 5.91 Å². The zero-order valence-corrected chi connectivity index (χ0v) is 15.1. The molecule has 8 nitrogen and oxygen atoms in total. The fourth-order valence-electron chi connectivity index (χ4n) is 2.68. The highest BCUT2D eigenvalue weighted by Crippen LogP contribution is 2.32. The summed E-state index contributed by atoms with van der Waals surface area (Å²) in [7, 11) is -3.90. The molecule has 3 rings (SSSR count). The molecule has 0 unspecified atom stereocenters. The van der Waals surface area contributed by atoms with Gasteiger partial charge in [-0.1, -0.05) is 12.1 Å². The number of nitrogens with two attached hydrogens (primary N) is 1. The molecule has 3 N–H and O–H groups in total. The average Bonchev–Trinajstić information content (AvgIpc) is 2.85. The van der Waals surface area contributed by atoms with Gasteiger partial charge in [-0.25, -0.2) is 18.5 Å². The van der Waals surface area contributed by atoms with Crippen molar-refractivity contribution >= 4 is 33.1 Å². The molecule has 0 radical (unpaired) electrons. The Balaban J connectivity index is 1.94. The van der Waals surface area contributed by atoms with Crippen LogP contribution < -0.4 is 14.8 Å². The summed E-state index contributed by atoms with van der Waals surface area (Å²) in [5.41, 5.74) is 0.335. The molecule has 1 heterocycles. The van der Waals surface area contributed by atoms with Crippen molar-refractivity contribution in [2.24, 2.45) is 5.14 Å². The quantitative estimate of drug-likeness (QED) is 0.749. The Morgan fingerprint density at radius 1 is 1.00 bits per heavy atom. The van der Waals surface area contributed by atoms with Gasteiger partial charge in [-0.3, -0.25) is 9.59 Å². The van der Waals surface area contributed by atoms with Gasteiger partial charge >= 0.3 is 5.91 Å². The lowest BCUT2D eigenvalue weighted by Crippen LogP contribution is -2.31. The van der Waals surface area contributed by atoms with E-state index in [4.69, 9.17) is 9.88 Å². The molecule has 2 aromatic carbocycles. The number of nitrogens with zero attached hydrogens (tertiary/aromatic N) is 1. The first kappa shape index (κ1) is 18.6. The Kier molecular flexibility index (Phi) is 4.73. The van der Waals surface area contributed by atoms with Crippen molar-refractivity contribution in [3.05, 3.63) is 59.9 Å². The van der Waals surface area contributed by atoms with Gasteiger partial charge in [0, 0.05) is 0 Å². The van der Waals surface area contributed by atoms with Gasteiger partial charge in [-0.15, -0.1) is 0 Å². The standard InChI is InChI=1S/C18H16N2O6S/c1-2-26-13-7-3-11(4-8-13)15-16(21)18(23)20(17(15)22)12-5-9-14(10-6-12)27(19,24)25/h3-10,21H,2H2,1H3,(H2,19,24,25). The van der Waals surface area contributed by atoms with Crippen molar-refractivity contribution in [2.45, 2.75) is 11.8 Å². The lowest BCUT2D eigenvalue weighted by atomic mass is 10.1. The van der Waals surface area contributed by atoms with E-state index < -0.39 is 27.6 Å². The van der Waals surface area contributed by atoms with Crippen LogP contribution in [0.2, 0.25) is 0 Å². The molecule has 27 heavy (non-hydrogen) atoms. The lowest BCUT2D eigenvalue weighted by Gasteiger charge is -2.15. The number of primary sulfonamides is 1. The van der Waals surface area contributed by atoms with Crippen LogP contribution in [0.15, 0.2) is 59.2 Å². The van der Waals surface area contributed by atoms with Gasteiger partial charge in [0.2, 0.25) is 10.0 Å². The van der Waals surface area contributed by atoms with Crippen LogP contribution in [0, 0.1) is 0 Å². The highest BCUT2D eigenvalue weighted by atomic mass is 32.2. The molecule has 9 heteroatoms. The number of sulfonamides is 1. The van der Waals surface area contributed by atoms with E-state index >= 15 is 0 Å². The molecule has 0 aliphatic carbocycles. The molecule has 0 spiro atoms. The van der Waals surface area contributed by atoms with Crippen molar-refractivity contribution in [3.8, 4) is 5.75 Å². The third-order valence-electron chi connectivity index (χ3n) is 3.94. The van der Waals surface area contributed by atoms with E-state index in [1.165, 1.54) is 24.3 Å². The van der Waals surface area contributed by atoms with E-state index in [1.54, 1.807) is 24.3 Å². The van der Waals surface area contributed by atoms with Crippen LogP contribution in [0.1, 0.15) is 12.5 Å². The number of ether oxygens (including phenoxy) is 1. The summed E-state index contributed by atoms with van der Waals surface area (Å²) >= 11 is 0. The second-order valence-electron chi connectivity index (χ2n) is 5.67. The molecule has 1 aliphatic heterocycles. The van der Waals surface area contributed by atoms with Crippen LogP contribution in [-0.2, 0) is 19.6 Å². The highest BCUT2D eigenvalue weighted by Gasteiger charge is 2.40. The number of aliphatic hydroxyl groups is 1. The molecule has 0 fully saturated rings. The minimum atomic E-state index is -3.90. The summed E-state index contributed by atoms with van der Waals surface area (Å²) in [5.74, 6) is -1.70. The Morgan fingerprint density at radius 2 is 1.59 bits per heavy atom. The number of carbonyl (C=O) groups excluding carboxylic acids is 2. The van der Waals surface area contributed by atoms with Crippen molar-refractivity contribution < 1.29 is 27.9 Å². The summed E-state index contributed by atoms with van der Waals surface area (Å²) in [6, 6.07) is 11.3. The predicted octanol–water partition coefficient (Wildman–Crippen LogP) is 1.58. The molecule has 0 saturated heterocycles. The predicted molar refractivity (Wildman–Crippen MR) is 97.5 cm³/mol. The van der Waals surface area contributed by atoms with E-state index in [0.29, 0.717) is 17.9 Å². The first-order valence-corrected chi connectivity index (χ1v) is 9.46. The number of hydrogen-bond donors (Lipinski definition) is 2. The third kappa shape index (κ3) is 3.42. The van der Waals surface area contributed by atoms with Crippen molar-refractivity contribution in [1.29, 1.82) is 0 Å². The minimum absolute atomic E-state index is 0.116. The lowest BCUT2D eigenvalue weighted by molar-refractivity contribution is -0.121. The largest absolute Gasteiger partial charge is 0.502 e. The number of imide groups is 1. The monoisotopic (exact) mass is 388 g/mol. The average molecular weight is 388 g/mol. The molecule has 2 amide bonds. The zero-order valence-electron chi connectivity index (χ0n) is 14.2. The maximum atomic E-state index is 12.7. The molecule has 1 aliphatic rings. The van der Waals surface area contributed by atoms with E-state index in [2.05, 4.69) is 0 Å². The van der Waals surface area contributed by atoms with Gasteiger partial charge in [0.1, 0.15) is 5.75 Å². The number of rotatable bonds is 5. The fourth-order valence-corrected chi connectivity index (χ4v) is 3.20. The Bertz CT molecular complexity index is 1040. The summed E-state index contributed by atoms with van der Waals surface area (Å²) in [4.78, 5) is 25.7. The molecule has 140 valence electrons. The maximum absolute atomic E-state index is 12.7. The fraction of sp³-hybridized carbons (Fsp3) is 0.111. The van der Waals surface area contributed by atoms with Crippen molar-refractivity contribution in [1.82, 2.24) is 0 Å². The van der Waals surface area contributed by atoms with Gasteiger partial charge in [-0.2, -0.15) is 0 Å². The minimum Gasteiger partial charge on any atom is -0.502 e. The summed E-state index contributed by atoms with van der Waals surface area (Å²) in [5, 5.41) is 15.2.